The second-order valence-electron chi connectivity index (χ2n) is 4.91. The molecule has 21 heavy (non-hydrogen) atoms. The predicted octanol–water partition coefficient (Wildman–Crippen LogP) is 5.10. The number of carbonyl (C=O) groups excluding carboxylic acids is 1. The molecule has 0 spiro atoms. The number of nitrogens with zero attached hydrogens (tertiary/aromatic N) is 1. The van der Waals surface area contributed by atoms with Crippen LogP contribution in [-0.2, 0) is 0 Å². The van der Waals surface area contributed by atoms with Crippen LogP contribution in [0.2, 0.25) is 10.0 Å². The van der Waals surface area contributed by atoms with Crippen LogP contribution in [-0.4, -0.2) is 5.78 Å². The molecule has 0 aliphatic carbocycles. The molecule has 0 N–H and O–H groups in total. The number of hydrogen-bond acceptors (Lipinski definition) is 2. The zero-order valence-corrected chi connectivity index (χ0v) is 13.2. The number of Topliss-reactive ketones (excluding diaryl/α,β-unsaturated/α-hetero) is 1. The molecule has 1 unspecified atom stereocenters. The third kappa shape index (κ3) is 3.26. The van der Waals surface area contributed by atoms with Gasteiger partial charge >= 0.3 is 0 Å². The molecule has 0 aromatic heterocycles. The molecular weight excluding hydrogens is 305 g/mol. The Kier molecular flexibility index (Phi) is 4.67. The average molecular weight is 318 g/mol. The first-order valence-electron chi connectivity index (χ1n) is 6.40. The monoisotopic (exact) mass is 317 g/mol. The van der Waals surface area contributed by atoms with Gasteiger partial charge in [0.1, 0.15) is 5.92 Å². The zero-order valence-electron chi connectivity index (χ0n) is 11.7. The van der Waals surface area contributed by atoms with E-state index in [4.69, 9.17) is 23.2 Å². The minimum atomic E-state index is -0.934. The number of carbonyl (C=O) groups is 1. The maximum atomic E-state index is 12.6. The number of rotatable bonds is 3. The summed E-state index contributed by atoms with van der Waals surface area (Å²) in [5.41, 5.74) is 2.94. The van der Waals surface area contributed by atoms with Gasteiger partial charge in [-0.15, -0.1) is 0 Å². The molecule has 106 valence electrons. The fraction of sp³-hybridized carbons (Fsp3) is 0.176. The molecule has 0 saturated heterocycles. The largest absolute Gasteiger partial charge is 0.292 e. The van der Waals surface area contributed by atoms with Crippen molar-refractivity contribution in [2.24, 2.45) is 0 Å². The molecule has 0 aliphatic heterocycles. The Bertz CT molecular complexity index is 747. The van der Waals surface area contributed by atoms with Crippen LogP contribution in [0.3, 0.4) is 0 Å². The molecular formula is C17H13Cl2NO. The molecule has 0 heterocycles. The second-order valence-corrected chi connectivity index (χ2v) is 5.75. The highest BCUT2D eigenvalue weighted by Crippen LogP contribution is 2.30. The third-order valence-corrected chi connectivity index (χ3v) is 3.87. The Morgan fingerprint density at radius 2 is 1.86 bits per heavy atom. The van der Waals surface area contributed by atoms with E-state index in [2.05, 4.69) is 0 Å². The molecule has 0 radical (unpaired) electrons. The average Bonchev–Trinajstić information content (AvgIpc) is 2.41. The van der Waals surface area contributed by atoms with Crippen molar-refractivity contribution >= 4 is 29.0 Å². The second kappa shape index (κ2) is 6.30. The SMILES string of the molecule is Cc1ccc(C(=O)C(C#N)c2ccc(Cl)cc2Cl)c(C)c1. The van der Waals surface area contributed by atoms with Gasteiger partial charge in [-0.2, -0.15) is 5.26 Å². The molecule has 0 fully saturated rings. The molecule has 1 atom stereocenters. The van der Waals surface area contributed by atoms with E-state index in [9.17, 15) is 10.1 Å². The molecule has 2 nitrogen and oxygen atoms in total. The van der Waals surface area contributed by atoms with E-state index in [0.29, 0.717) is 21.2 Å². The summed E-state index contributed by atoms with van der Waals surface area (Å²) < 4.78 is 0. The maximum absolute atomic E-state index is 12.6. The first-order valence-corrected chi connectivity index (χ1v) is 7.15. The highest BCUT2D eigenvalue weighted by atomic mass is 35.5. The lowest BCUT2D eigenvalue weighted by Crippen LogP contribution is -2.13. The minimum Gasteiger partial charge on any atom is -0.292 e. The quantitative estimate of drug-likeness (QED) is 0.739. The van der Waals surface area contributed by atoms with Crippen molar-refractivity contribution in [2.45, 2.75) is 19.8 Å². The van der Waals surface area contributed by atoms with Crippen LogP contribution in [0.25, 0.3) is 0 Å². The van der Waals surface area contributed by atoms with Crippen LogP contribution < -0.4 is 0 Å². The lowest BCUT2D eigenvalue weighted by molar-refractivity contribution is 0.0978. The van der Waals surface area contributed by atoms with Gasteiger partial charge in [0.15, 0.2) is 5.78 Å². The summed E-state index contributed by atoms with van der Waals surface area (Å²) in [4.78, 5) is 12.6. The van der Waals surface area contributed by atoms with Gasteiger partial charge in [0.05, 0.1) is 6.07 Å². The van der Waals surface area contributed by atoms with Gasteiger partial charge in [0, 0.05) is 15.6 Å². The molecule has 0 amide bonds. The highest BCUT2D eigenvalue weighted by molar-refractivity contribution is 6.35. The van der Waals surface area contributed by atoms with Crippen molar-refractivity contribution in [3.05, 3.63) is 68.7 Å². The van der Waals surface area contributed by atoms with Gasteiger partial charge in [0.25, 0.3) is 0 Å². The number of ketones is 1. The molecule has 2 aromatic carbocycles. The number of hydrogen-bond donors (Lipinski definition) is 0. The van der Waals surface area contributed by atoms with Crippen molar-refractivity contribution in [2.75, 3.05) is 0 Å². The minimum absolute atomic E-state index is 0.251. The van der Waals surface area contributed by atoms with Crippen LogP contribution in [0, 0.1) is 25.2 Å². The Morgan fingerprint density at radius 3 is 2.43 bits per heavy atom. The van der Waals surface area contributed by atoms with E-state index < -0.39 is 5.92 Å². The highest BCUT2D eigenvalue weighted by Gasteiger charge is 2.25. The molecule has 2 rings (SSSR count). The van der Waals surface area contributed by atoms with Gasteiger partial charge in [-0.1, -0.05) is 53.0 Å². The first kappa shape index (κ1) is 15.6. The fourth-order valence-corrected chi connectivity index (χ4v) is 2.77. The number of nitriles is 1. The lowest BCUT2D eigenvalue weighted by Gasteiger charge is -2.13. The van der Waals surface area contributed by atoms with Crippen LogP contribution >= 0.6 is 23.2 Å². The van der Waals surface area contributed by atoms with E-state index >= 15 is 0 Å². The molecule has 0 saturated carbocycles. The van der Waals surface area contributed by atoms with Gasteiger partial charge < -0.3 is 0 Å². The van der Waals surface area contributed by atoms with E-state index in [-0.39, 0.29) is 5.78 Å². The maximum Gasteiger partial charge on any atom is 0.184 e. The van der Waals surface area contributed by atoms with E-state index in [0.717, 1.165) is 11.1 Å². The number of benzene rings is 2. The third-order valence-electron chi connectivity index (χ3n) is 3.31. The Balaban J connectivity index is 2.46. The van der Waals surface area contributed by atoms with Gasteiger partial charge in [-0.05, 0) is 37.1 Å². The summed E-state index contributed by atoms with van der Waals surface area (Å²) >= 11 is 12.0. The normalized spacial score (nSPS) is 11.8. The number of aryl methyl sites for hydroxylation is 2. The fourth-order valence-electron chi connectivity index (χ4n) is 2.25. The van der Waals surface area contributed by atoms with E-state index in [1.807, 2.05) is 32.0 Å². The Hall–Kier alpha value is -1.82. The van der Waals surface area contributed by atoms with Crippen molar-refractivity contribution in [3.63, 3.8) is 0 Å². The lowest BCUT2D eigenvalue weighted by atomic mass is 9.89. The zero-order chi connectivity index (χ0) is 15.6. The molecule has 4 heteroatoms. The van der Waals surface area contributed by atoms with Gasteiger partial charge in [0.2, 0.25) is 0 Å². The summed E-state index contributed by atoms with van der Waals surface area (Å²) in [5.74, 6) is -1.18. The van der Waals surface area contributed by atoms with E-state index in [1.54, 1.807) is 18.2 Å². The van der Waals surface area contributed by atoms with E-state index in [1.165, 1.54) is 6.07 Å². The van der Waals surface area contributed by atoms with Crippen molar-refractivity contribution in [3.8, 4) is 6.07 Å². The first-order chi connectivity index (χ1) is 9.93. The van der Waals surface area contributed by atoms with Gasteiger partial charge in [-0.25, -0.2) is 0 Å². The topological polar surface area (TPSA) is 40.9 Å². The Morgan fingerprint density at radius 1 is 1.14 bits per heavy atom. The van der Waals surface area contributed by atoms with Crippen molar-refractivity contribution in [1.29, 1.82) is 5.26 Å². The van der Waals surface area contributed by atoms with Crippen LogP contribution in [0.15, 0.2) is 36.4 Å². The molecule has 0 bridgehead atoms. The molecule has 2 aromatic rings. The predicted molar refractivity (Wildman–Crippen MR) is 85.1 cm³/mol. The summed E-state index contributed by atoms with van der Waals surface area (Å²) in [6, 6.07) is 12.4. The van der Waals surface area contributed by atoms with Crippen molar-refractivity contribution < 1.29 is 4.79 Å². The smallest absolute Gasteiger partial charge is 0.184 e. The van der Waals surface area contributed by atoms with Crippen LogP contribution in [0.4, 0.5) is 0 Å². The van der Waals surface area contributed by atoms with Crippen LogP contribution in [0.1, 0.15) is 33.0 Å². The van der Waals surface area contributed by atoms with Crippen molar-refractivity contribution in [1.82, 2.24) is 0 Å². The standard InChI is InChI=1S/C17H13Cl2NO/c1-10-3-5-13(11(2)7-10)17(21)15(9-20)14-6-4-12(18)8-16(14)19/h3-8,15H,1-2H3. The van der Waals surface area contributed by atoms with Crippen LogP contribution in [0.5, 0.6) is 0 Å². The number of halogens is 2. The molecule has 0 aliphatic rings. The summed E-state index contributed by atoms with van der Waals surface area (Å²) in [6.07, 6.45) is 0. The summed E-state index contributed by atoms with van der Waals surface area (Å²) in [6.45, 7) is 3.82. The summed E-state index contributed by atoms with van der Waals surface area (Å²) in [7, 11) is 0. The summed E-state index contributed by atoms with van der Waals surface area (Å²) in [5, 5.41) is 10.2. The Labute approximate surface area is 133 Å². The van der Waals surface area contributed by atoms with Gasteiger partial charge in [-0.3, -0.25) is 4.79 Å².